The highest BCUT2D eigenvalue weighted by atomic mass is 16.5. The van der Waals surface area contributed by atoms with Crippen LogP contribution in [-0.4, -0.2) is 35.5 Å². The minimum Gasteiger partial charge on any atom is -0.488 e. The third-order valence-electron chi connectivity index (χ3n) is 4.86. The predicted molar refractivity (Wildman–Crippen MR) is 90.6 cm³/mol. The molecular weight excluding hydrogens is 304 g/mol. The number of carbonyl (C=O) groups excluding carboxylic acids is 1. The van der Waals surface area contributed by atoms with E-state index in [4.69, 9.17) is 4.74 Å². The third kappa shape index (κ3) is 2.60. The molecule has 5 heteroatoms. The second-order valence-electron chi connectivity index (χ2n) is 6.61. The molecule has 124 valence electrons. The Morgan fingerprint density at radius 1 is 1.29 bits per heavy atom. The van der Waals surface area contributed by atoms with Crippen molar-refractivity contribution in [1.29, 1.82) is 0 Å². The number of likely N-dealkylation sites (N-methyl/N-ethyl adjacent to an activating group) is 1. The van der Waals surface area contributed by atoms with Crippen LogP contribution >= 0.6 is 0 Å². The Balaban J connectivity index is 1.49. The number of aryl methyl sites for hydroxylation is 2. The Hall–Kier alpha value is -2.56. The first kappa shape index (κ1) is 15.0. The van der Waals surface area contributed by atoms with Gasteiger partial charge in [-0.25, -0.2) is 0 Å². The third-order valence-corrected chi connectivity index (χ3v) is 4.86. The maximum absolute atomic E-state index is 12.7. The van der Waals surface area contributed by atoms with E-state index in [1.54, 1.807) is 18.0 Å². The van der Waals surface area contributed by atoms with Crippen LogP contribution in [0.25, 0.3) is 0 Å². The second kappa shape index (κ2) is 5.82. The number of nitrogens with one attached hydrogen (secondary N) is 1. The lowest BCUT2D eigenvalue weighted by Crippen LogP contribution is -2.38. The van der Waals surface area contributed by atoms with Gasteiger partial charge in [0.2, 0.25) is 0 Å². The summed E-state index contributed by atoms with van der Waals surface area (Å²) in [5.41, 5.74) is 3.18. The van der Waals surface area contributed by atoms with Crippen LogP contribution in [0.15, 0.2) is 35.1 Å². The molecule has 0 saturated carbocycles. The molecular formula is C19H20N2O3. The van der Waals surface area contributed by atoms with Crippen molar-refractivity contribution < 1.29 is 9.53 Å². The predicted octanol–water partition coefficient (Wildman–Crippen LogP) is 1.94. The van der Waals surface area contributed by atoms with Crippen molar-refractivity contribution in [2.75, 3.05) is 13.6 Å². The molecule has 24 heavy (non-hydrogen) atoms. The average molecular weight is 324 g/mol. The summed E-state index contributed by atoms with van der Waals surface area (Å²) >= 11 is 0. The first-order chi connectivity index (χ1) is 11.6. The van der Waals surface area contributed by atoms with Crippen LogP contribution in [0.2, 0.25) is 0 Å². The highest BCUT2D eigenvalue weighted by Crippen LogP contribution is 2.28. The van der Waals surface area contributed by atoms with E-state index < -0.39 is 0 Å². The van der Waals surface area contributed by atoms with Crippen molar-refractivity contribution in [2.24, 2.45) is 0 Å². The van der Waals surface area contributed by atoms with E-state index in [2.05, 4.69) is 4.98 Å². The molecule has 2 aliphatic rings. The standard InChI is InChI=1S/C19H20N2O3/c1-21(11-14-9-13-5-2-3-8-17(13)24-14)19(23)15-10-12-6-4-7-16(12)20-18(15)22/h2-3,5,8,10,14H,4,6-7,9,11H2,1H3,(H,20,22)/t14-/m1/s1. The number of carbonyl (C=O) groups is 1. The molecule has 5 nitrogen and oxygen atoms in total. The quantitative estimate of drug-likeness (QED) is 0.938. The van der Waals surface area contributed by atoms with Gasteiger partial charge < -0.3 is 14.6 Å². The Kier molecular flexibility index (Phi) is 3.63. The normalized spacial score (nSPS) is 18.0. The molecule has 1 atom stereocenters. The van der Waals surface area contributed by atoms with E-state index in [9.17, 15) is 9.59 Å². The summed E-state index contributed by atoms with van der Waals surface area (Å²) < 4.78 is 5.89. The molecule has 1 aliphatic carbocycles. The van der Waals surface area contributed by atoms with Crippen LogP contribution < -0.4 is 10.3 Å². The lowest BCUT2D eigenvalue weighted by molar-refractivity contribution is 0.0728. The van der Waals surface area contributed by atoms with Crippen molar-refractivity contribution in [2.45, 2.75) is 31.8 Å². The first-order valence-electron chi connectivity index (χ1n) is 8.37. The number of fused-ring (bicyclic) bond motifs is 2. The highest BCUT2D eigenvalue weighted by molar-refractivity contribution is 5.94. The molecule has 0 fully saturated rings. The van der Waals surface area contributed by atoms with Gasteiger partial charge in [-0.15, -0.1) is 0 Å². The minimum absolute atomic E-state index is 0.0649. The SMILES string of the molecule is CN(C[C@H]1Cc2ccccc2O1)C(=O)c1cc2c([nH]c1=O)CCC2. The molecule has 0 radical (unpaired) electrons. The number of nitrogens with zero attached hydrogens (tertiary/aromatic N) is 1. The number of H-pyrrole nitrogens is 1. The summed E-state index contributed by atoms with van der Waals surface area (Å²) in [6, 6.07) is 9.69. The van der Waals surface area contributed by atoms with Gasteiger partial charge in [0.1, 0.15) is 17.4 Å². The molecule has 0 spiro atoms. The van der Waals surface area contributed by atoms with Gasteiger partial charge in [0.25, 0.3) is 11.5 Å². The number of aromatic amines is 1. The molecule has 1 aliphatic heterocycles. The lowest BCUT2D eigenvalue weighted by Gasteiger charge is -2.21. The molecule has 1 aromatic heterocycles. The lowest BCUT2D eigenvalue weighted by atomic mass is 10.1. The van der Waals surface area contributed by atoms with Crippen LogP contribution in [-0.2, 0) is 19.3 Å². The van der Waals surface area contributed by atoms with Crippen LogP contribution in [0.4, 0.5) is 0 Å². The smallest absolute Gasteiger partial charge is 0.261 e. The fourth-order valence-corrected chi connectivity index (χ4v) is 3.62. The number of aromatic nitrogens is 1. The topological polar surface area (TPSA) is 62.4 Å². The number of pyridine rings is 1. The van der Waals surface area contributed by atoms with Gasteiger partial charge in [-0.1, -0.05) is 18.2 Å². The summed E-state index contributed by atoms with van der Waals surface area (Å²) in [7, 11) is 1.72. The maximum atomic E-state index is 12.7. The Morgan fingerprint density at radius 2 is 2.12 bits per heavy atom. The second-order valence-corrected chi connectivity index (χ2v) is 6.61. The number of benzene rings is 1. The molecule has 0 bridgehead atoms. The summed E-state index contributed by atoms with van der Waals surface area (Å²) in [5.74, 6) is 0.643. The van der Waals surface area contributed by atoms with Gasteiger partial charge in [-0.05, 0) is 42.5 Å². The highest BCUT2D eigenvalue weighted by Gasteiger charge is 2.27. The molecule has 2 aromatic rings. The van der Waals surface area contributed by atoms with Crippen LogP contribution in [0, 0.1) is 0 Å². The molecule has 1 aromatic carbocycles. The maximum Gasteiger partial charge on any atom is 0.261 e. The zero-order chi connectivity index (χ0) is 16.7. The van der Waals surface area contributed by atoms with E-state index in [1.165, 1.54) is 5.56 Å². The van der Waals surface area contributed by atoms with Crippen molar-refractivity contribution in [3.63, 3.8) is 0 Å². The Labute approximate surface area is 140 Å². The molecule has 0 unspecified atom stereocenters. The summed E-state index contributed by atoms with van der Waals surface area (Å²) in [5, 5.41) is 0. The van der Waals surface area contributed by atoms with E-state index >= 15 is 0 Å². The van der Waals surface area contributed by atoms with E-state index in [0.717, 1.165) is 42.7 Å². The van der Waals surface area contributed by atoms with E-state index in [-0.39, 0.29) is 23.1 Å². The van der Waals surface area contributed by atoms with E-state index in [1.807, 2.05) is 24.3 Å². The number of rotatable bonds is 3. The van der Waals surface area contributed by atoms with E-state index in [0.29, 0.717) is 6.54 Å². The average Bonchev–Trinajstić information content (AvgIpc) is 3.18. The van der Waals surface area contributed by atoms with Crippen LogP contribution in [0.3, 0.4) is 0 Å². The molecule has 2 heterocycles. The molecule has 0 saturated heterocycles. The number of ether oxygens (including phenoxy) is 1. The summed E-state index contributed by atoms with van der Waals surface area (Å²) in [6.07, 6.45) is 3.58. The number of hydrogen-bond acceptors (Lipinski definition) is 3. The van der Waals surface area contributed by atoms with Crippen LogP contribution in [0.1, 0.15) is 33.6 Å². The molecule has 4 rings (SSSR count). The van der Waals surface area contributed by atoms with Gasteiger partial charge in [0, 0.05) is 19.2 Å². The van der Waals surface area contributed by atoms with Gasteiger partial charge in [-0.3, -0.25) is 9.59 Å². The van der Waals surface area contributed by atoms with Crippen molar-refractivity contribution in [3.8, 4) is 5.75 Å². The first-order valence-corrected chi connectivity index (χ1v) is 8.37. The molecule has 1 amide bonds. The summed E-state index contributed by atoms with van der Waals surface area (Å²) in [6.45, 7) is 0.462. The van der Waals surface area contributed by atoms with Gasteiger partial charge >= 0.3 is 0 Å². The van der Waals surface area contributed by atoms with Gasteiger partial charge in [0.05, 0.1) is 6.54 Å². The Morgan fingerprint density at radius 3 is 2.96 bits per heavy atom. The number of hydrogen-bond donors (Lipinski definition) is 1. The fourth-order valence-electron chi connectivity index (χ4n) is 3.62. The monoisotopic (exact) mass is 324 g/mol. The zero-order valence-corrected chi connectivity index (χ0v) is 13.7. The van der Waals surface area contributed by atoms with Crippen molar-refractivity contribution in [3.05, 3.63) is 63.1 Å². The number of para-hydroxylation sites is 1. The van der Waals surface area contributed by atoms with Crippen molar-refractivity contribution >= 4 is 5.91 Å². The van der Waals surface area contributed by atoms with Crippen LogP contribution in [0.5, 0.6) is 5.75 Å². The molecule has 1 N–H and O–H groups in total. The zero-order valence-electron chi connectivity index (χ0n) is 13.7. The fraction of sp³-hybridized carbons (Fsp3) is 0.368. The summed E-state index contributed by atoms with van der Waals surface area (Å²) in [4.78, 5) is 29.3. The van der Waals surface area contributed by atoms with Gasteiger partial charge in [-0.2, -0.15) is 0 Å². The minimum atomic E-state index is -0.289. The largest absolute Gasteiger partial charge is 0.488 e. The van der Waals surface area contributed by atoms with Crippen molar-refractivity contribution in [1.82, 2.24) is 9.88 Å². The van der Waals surface area contributed by atoms with Gasteiger partial charge in [0.15, 0.2) is 0 Å². The number of amides is 1. The Bertz CT molecular complexity index is 831.